The molecule has 0 aliphatic carbocycles. The Morgan fingerprint density at radius 3 is 2.53 bits per heavy atom. The lowest BCUT2D eigenvalue weighted by molar-refractivity contribution is -0.130. The molecule has 0 aromatic carbocycles. The predicted octanol–water partition coefficient (Wildman–Crippen LogP) is 0.0234. The minimum absolute atomic E-state index is 0.154. The Morgan fingerprint density at radius 1 is 1.33 bits per heavy atom. The monoisotopic (exact) mass is 224 g/mol. The average Bonchev–Trinajstić information content (AvgIpc) is 2.64. The smallest absolute Gasteiger partial charge is 0.246 e. The van der Waals surface area contributed by atoms with Gasteiger partial charge in [0.15, 0.2) is 6.29 Å². The number of imide groups is 1. The molecule has 1 N–H and O–H groups in total. The molecule has 1 aliphatic heterocycles. The van der Waals surface area contributed by atoms with Crippen molar-refractivity contribution in [2.24, 2.45) is 0 Å². The molecule has 78 valence electrons. The molecule has 2 heterocycles. The second-order valence-corrected chi connectivity index (χ2v) is 4.10. The number of amides is 2. The number of nitrogens with zero attached hydrogens (tertiary/aromatic N) is 1. The van der Waals surface area contributed by atoms with Crippen LogP contribution in [0.5, 0.6) is 0 Å². The molecule has 0 atom stereocenters. The molecule has 0 bridgehead atoms. The summed E-state index contributed by atoms with van der Waals surface area (Å²) >= 11 is 1.29. The standard InChI is InChI=1S/C9H8N2O3S/c12-4-7-1-6(5-15-7)11-2-8(13)10-9(14)3-11/h1,4-5H,2-3H2,(H,10,13,14). The van der Waals surface area contributed by atoms with Gasteiger partial charge in [-0.25, -0.2) is 0 Å². The van der Waals surface area contributed by atoms with E-state index in [1.807, 2.05) is 0 Å². The fourth-order valence-electron chi connectivity index (χ4n) is 1.39. The van der Waals surface area contributed by atoms with Crippen LogP contribution in [0.1, 0.15) is 9.67 Å². The number of thiophene rings is 1. The molecule has 2 amide bonds. The van der Waals surface area contributed by atoms with Crippen LogP contribution in [0, 0.1) is 0 Å². The molecule has 1 fully saturated rings. The number of anilines is 1. The first-order valence-electron chi connectivity index (χ1n) is 4.30. The van der Waals surface area contributed by atoms with E-state index in [1.165, 1.54) is 11.3 Å². The number of carbonyl (C=O) groups excluding carboxylic acids is 3. The molecular formula is C9H8N2O3S. The van der Waals surface area contributed by atoms with Crippen LogP contribution >= 0.6 is 11.3 Å². The SMILES string of the molecule is O=Cc1cc(N2CC(=O)NC(=O)C2)cs1. The van der Waals surface area contributed by atoms with Gasteiger partial charge in [-0.2, -0.15) is 0 Å². The van der Waals surface area contributed by atoms with Crippen LogP contribution in [0.15, 0.2) is 11.4 Å². The molecule has 1 aromatic rings. The van der Waals surface area contributed by atoms with Crippen LogP contribution in [0.3, 0.4) is 0 Å². The minimum atomic E-state index is -0.315. The zero-order chi connectivity index (χ0) is 10.8. The molecule has 0 radical (unpaired) electrons. The second kappa shape index (κ2) is 3.82. The van der Waals surface area contributed by atoms with E-state index in [9.17, 15) is 14.4 Å². The Bertz CT molecular complexity index is 411. The van der Waals surface area contributed by atoms with Gasteiger partial charge in [0.25, 0.3) is 0 Å². The number of piperazine rings is 1. The van der Waals surface area contributed by atoms with Gasteiger partial charge < -0.3 is 4.90 Å². The molecule has 5 nitrogen and oxygen atoms in total. The summed E-state index contributed by atoms with van der Waals surface area (Å²) in [6, 6.07) is 1.67. The molecule has 6 heteroatoms. The minimum Gasteiger partial charge on any atom is -0.352 e. The van der Waals surface area contributed by atoms with Gasteiger partial charge in [0, 0.05) is 11.1 Å². The van der Waals surface area contributed by atoms with Gasteiger partial charge in [-0.15, -0.1) is 11.3 Å². The number of rotatable bonds is 2. The summed E-state index contributed by atoms with van der Waals surface area (Å²) in [6.07, 6.45) is 0.750. The third kappa shape index (κ3) is 2.04. The van der Waals surface area contributed by atoms with Crippen molar-refractivity contribution in [3.8, 4) is 0 Å². The molecule has 0 unspecified atom stereocenters. The number of carbonyl (C=O) groups is 3. The fraction of sp³-hybridized carbons (Fsp3) is 0.222. The van der Waals surface area contributed by atoms with E-state index in [4.69, 9.17) is 0 Å². The molecular weight excluding hydrogens is 216 g/mol. The molecule has 0 spiro atoms. The van der Waals surface area contributed by atoms with Crippen molar-refractivity contribution in [2.75, 3.05) is 18.0 Å². The molecule has 1 saturated heterocycles. The van der Waals surface area contributed by atoms with Gasteiger partial charge in [0.05, 0.1) is 18.0 Å². The van der Waals surface area contributed by atoms with Crippen molar-refractivity contribution in [1.29, 1.82) is 0 Å². The summed E-state index contributed by atoms with van der Waals surface area (Å²) in [5.74, 6) is -0.629. The average molecular weight is 224 g/mol. The van der Waals surface area contributed by atoms with Crippen molar-refractivity contribution < 1.29 is 14.4 Å². The number of hydrogen-bond donors (Lipinski definition) is 1. The van der Waals surface area contributed by atoms with Gasteiger partial charge in [0.1, 0.15) is 0 Å². The lowest BCUT2D eigenvalue weighted by Gasteiger charge is -2.26. The van der Waals surface area contributed by atoms with E-state index >= 15 is 0 Å². The van der Waals surface area contributed by atoms with E-state index in [-0.39, 0.29) is 24.9 Å². The topological polar surface area (TPSA) is 66.5 Å². The maximum atomic E-state index is 11.1. The molecule has 2 rings (SSSR count). The molecule has 15 heavy (non-hydrogen) atoms. The number of nitrogens with one attached hydrogen (secondary N) is 1. The Labute approximate surface area is 89.7 Å². The highest BCUT2D eigenvalue weighted by Crippen LogP contribution is 2.22. The first kappa shape index (κ1) is 9.85. The number of aldehydes is 1. The lowest BCUT2D eigenvalue weighted by Crippen LogP contribution is -2.51. The molecule has 0 saturated carbocycles. The Morgan fingerprint density at radius 2 is 2.00 bits per heavy atom. The van der Waals surface area contributed by atoms with Gasteiger partial charge in [-0.3, -0.25) is 19.7 Å². The second-order valence-electron chi connectivity index (χ2n) is 3.15. The van der Waals surface area contributed by atoms with Crippen molar-refractivity contribution in [3.63, 3.8) is 0 Å². The summed E-state index contributed by atoms with van der Waals surface area (Å²) in [6.45, 7) is 0.307. The number of hydrogen-bond acceptors (Lipinski definition) is 5. The highest BCUT2D eigenvalue weighted by atomic mass is 32.1. The van der Waals surface area contributed by atoms with Gasteiger partial charge in [0.2, 0.25) is 11.8 Å². The normalized spacial score (nSPS) is 16.4. The first-order valence-corrected chi connectivity index (χ1v) is 5.18. The molecule has 1 aromatic heterocycles. The maximum Gasteiger partial charge on any atom is 0.246 e. The summed E-state index contributed by atoms with van der Waals surface area (Å²) in [5, 5.41) is 3.97. The third-order valence-corrected chi connectivity index (χ3v) is 2.88. The Kier molecular flexibility index (Phi) is 2.51. The van der Waals surface area contributed by atoms with Crippen LogP contribution in [0.25, 0.3) is 0 Å². The van der Waals surface area contributed by atoms with Crippen molar-refractivity contribution in [3.05, 3.63) is 16.3 Å². The highest BCUT2D eigenvalue weighted by molar-refractivity contribution is 7.12. The zero-order valence-corrected chi connectivity index (χ0v) is 8.54. The first-order chi connectivity index (χ1) is 7.19. The summed E-state index contributed by atoms with van der Waals surface area (Å²) < 4.78 is 0. The van der Waals surface area contributed by atoms with E-state index in [0.29, 0.717) is 4.88 Å². The maximum absolute atomic E-state index is 11.1. The van der Waals surface area contributed by atoms with Crippen LogP contribution in [0.4, 0.5) is 5.69 Å². The van der Waals surface area contributed by atoms with Crippen molar-refractivity contribution in [2.45, 2.75) is 0 Å². The lowest BCUT2D eigenvalue weighted by atomic mass is 10.3. The Hall–Kier alpha value is -1.69. The largest absolute Gasteiger partial charge is 0.352 e. The van der Waals surface area contributed by atoms with Gasteiger partial charge >= 0.3 is 0 Å². The molecule has 1 aliphatic rings. The zero-order valence-electron chi connectivity index (χ0n) is 7.73. The summed E-state index contributed by atoms with van der Waals surface area (Å²) in [5.41, 5.74) is 0.741. The highest BCUT2D eigenvalue weighted by Gasteiger charge is 2.23. The van der Waals surface area contributed by atoms with E-state index in [0.717, 1.165) is 12.0 Å². The quantitative estimate of drug-likeness (QED) is 0.568. The van der Waals surface area contributed by atoms with E-state index < -0.39 is 0 Å². The van der Waals surface area contributed by atoms with Crippen LogP contribution < -0.4 is 10.2 Å². The van der Waals surface area contributed by atoms with Crippen molar-refractivity contribution in [1.82, 2.24) is 5.32 Å². The van der Waals surface area contributed by atoms with Crippen LogP contribution in [0.2, 0.25) is 0 Å². The Balaban J connectivity index is 2.19. The van der Waals surface area contributed by atoms with Gasteiger partial charge in [-0.05, 0) is 6.07 Å². The van der Waals surface area contributed by atoms with E-state index in [1.54, 1.807) is 16.3 Å². The summed E-state index contributed by atoms with van der Waals surface area (Å²) in [7, 11) is 0. The third-order valence-electron chi connectivity index (χ3n) is 2.03. The van der Waals surface area contributed by atoms with Gasteiger partial charge in [-0.1, -0.05) is 0 Å². The fourth-order valence-corrected chi connectivity index (χ4v) is 2.11. The van der Waals surface area contributed by atoms with Crippen LogP contribution in [-0.2, 0) is 9.59 Å². The predicted molar refractivity (Wildman–Crippen MR) is 55.1 cm³/mol. The van der Waals surface area contributed by atoms with Crippen molar-refractivity contribution >= 4 is 35.1 Å². The van der Waals surface area contributed by atoms with Crippen LogP contribution in [-0.4, -0.2) is 31.2 Å². The summed E-state index contributed by atoms with van der Waals surface area (Å²) in [4.78, 5) is 34.9. The van der Waals surface area contributed by atoms with E-state index in [2.05, 4.69) is 5.32 Å².